The van der Waals surface area contributed by atoms with E-state index in [1.54, 1.807) is 0 Å². The summed E-state index contributed by atoms with van der Waals surface area (Å²) in [4.78, 5) is 12.5. The molecule has 6 aliphatic rings. The highest BCUT2D eigenvalue weighted by atomic mass is 16.8. The number of carbonyl (C=O) groups is 1. The van der Waals surface area contributed by atoms with Gasteiger partial charge in [0.05, 0.1) is 52.4 Å². The van der Waals surface area contributed by atoms with E-state index in [-0.39, 0.29) is 0 Å². The van der Waals surface area contributed by atoms with E-state index in [1.165, 1.54) is 0 Å². The quantitative estimate of drug-likeness (QED) is 0.0475. The van der Waals surface area contributed by atoms with E-state index in [9.17, 15) is 81.4 Å². The minimum absolute atomic E-state index is 0.390. The number of aliphatic hydroxyl groups excluding tert-OH is 14. The summed E-state index contributed by atoms with van der Waals surface area (Å²) in [6, 6.07) is -1.67. The zero-order chi connectivity index (χ0) is 50.6. The van der Waals surface area contributed by atoms with Gasteiger partial charge in [0, 0.05) is 6.92 Å². The molecule has 1 saturated carbocycles. The Morgan fingerprint density at radius 2 is 1.10 bits per heavy atom. The molecule has 0 radical (unpaired) electrons. The second-order valence-electron chi connectivity index (χ2n) is 18.7. The second-order valence-corrected chi connectivity index (χ2v) is 18.7. The number of hydrogen-bond acceptors (Lipinski definition) is 26. The van der Waals surface area contributed by atoms with Crippen molar-refractivity contribution >= 4 is 5.91 Å². The fourth-order valence-corrected chi connectivity index (χ4v) is 9.56. The lowest BCUT2D eigenvalue weighted by atomic mass is 9.88. The van der Waals surface area contributed by atoms with Crippen LogP contribution in [0.1, 0.15) is 39.5 Å². The normalized spacial score (nSPS) is 49.0. The van der Waals surface area contributed by atoms with Gasteiger partial charge in [0.1, 0.15) is 122 Å². The average Bonchev–Trinajstić information content (AvgIpc) is 3.48. The molecule has 0 spiro atoms. The molecule has 17 unspecified atom stereocenters. The molecule has 16 N–H and O–H groups in total. The maximum Gasteiger partial charge on any atom is 0.217 e. The number of nitrogens with one attached hydrogen (secondary N) is 1. The lowest BCUT2D eigenvalue weighted by molar-refractivity contribution is -0.387. The third-order valence-electron chi connectivity index (χ3n) is 13.6. The van der Waals surface area contributed by atoms with Gasteiger partial charge >= 0.3 is 0 Å². The molecule has 0 aromatic carbocycles. The number of aliphatic hydroxyl groups is 15. The first-order chi connectivity index (χ1) is 32.7. The first-order valence-corrected chi connectivity index (χ1v) is 23.0. The van der Waals surface area contributed by atoms with Crippen LogP contribution in [0.25, 0.3) is 0 Å². The van der Waals surface area contributed by atoms with Crippen molar-refractivity contribution in [1.29, 1.82) is 0 Å². The van der Waals surface area contributed by atoms with Crippen LogP contribution in [0, 0.1) is 5.92 Å². The molecule has 0 aromatic rings. The molecule has 5 heterocycles. The second kappa shape index (κ2) is 24.5. The third kappa shape index (κ3) is 12.4. The summed E-state index contributed by atoms with van der Waals surface area (Å²) in [5, 5.41) is 165. The third-order valence-corrected chi connectivity index (χ3v) is 13.6. The van der Waals surface area contributed by atoms with Crippen molar-refractivity contribution < 1.29 is 129 Å². The fraction of sp³-hybridized carbons (Fsp3) is 0.929. The standard InChI is InChI=1S/C42H71NO26/c1-15-5-4-6-18(16(2)7-15)60-13-42(59)14-61-22(11-47)34(37(42)58)67-40-31(56)29(54)33(23(12-48)65-40)66-41-32(57)36(27(52)21(10-46)64-41)69-38-24(43-17(3)49)35(26(51)20(9-45)62-38)68-39-30(55)28(53)25(50)19(8-44)63-39/h15,18-41,44-48,50-59H,2,4-14H2,1,3H3,(H,43,49)/t15?,18?,19?,20?,21?,22?,23?,24?,25-,26-,27-,28?,29?,30?,31?,32?,33-,34+,35?,36?,37?,38-,39-,40-,41+,42?/m0/s1. The summed E-state index contributed by atoms with van der Waals surface area (Å²) in [6.45, 7) is 1.87. The first kappa shape index (κ1) is 56.5. The Labute approximate surface area is 396 Å². The first-order valence-electron chi connectivity index (χ1n) is 23.0. The van der Waals surface area contributed by atoms with Crippen molar-refractivity contribution in [2.45, 2.75) is 192 Å². The lowest BCUT2D eigenvalue weighted by Crippen LogP contribution is -2.70. The zero-order valence-corrected chi connectivity index (χ0v) is 38.1. The largest absolute Gasteiger partial charge is 0.394 e. The Morgan fingerprint density at radius 3 is 1.70 bits per heavy atom. The van der Waals surface area contributed by atoms with Gasteiger partial charge < -0.3 is 129 Å². The van der Waals surface area contributed by atoms with Crippen LogP contribution in [0.15, 0.2) is 12.2 Å². The highest BCUT2D eigenvalue weighted by Crippen LogP contribution is 2.37. The molecule has 5 aliphatic heterocycles. The molecule has 26 atom stereocenters. The van der Waals surface area contributed by atoms with Crippen LogP contribution in [-0.2, 0) is 52.2 Å². The number of hydrogen-bond donors (Lipinski definition) is 16. The Kier molecular flexibility index (Phi) is 20.1. The Balaban J connectivity index is 1.17. The van der Waals surface area contributed by atoms with Crippen LogP contribution in [-0.4, -0.2) is 282 Å². The van der Waals surface area contributed by atoms with Gasteiger partial charge in [0.15, 0.2) is 25.2 Å². The van der Waals surface area contributed by atoms with Crippen LogP contribution in [0.4, 0.5) is 0 Å². The van der Waals surface area contributed by atoms with Gasteiger partial charge in [-0.2, -0.15) is 0 Å². The molecule has 27 heteroatoms. The highest BCUT2D eigenvalue weighted by Gasteiger charge is 2.58. The summed E-state index contributed by atoms with van der Waals surface area (Å²) in [5.41, 5.74) is -1.27. The predicted molar refractivity (Wildman–Crippen MR) is 222 cm³/mol. The number of amides is 1. The van der Waals surface area contributed by atoms with Crippen LogP contribution < -0.4 is 5.32 Å². The van der Waals surface area contributed by atoms with E-state index >= 15 is 0 Å². The number of carbonyl (C=O) groups excluding carboxylic acids is 1. The van der Waals surface area contributed by atoms with Gasteiger partial charge in [-0.15, -0.1) is 0 Å². The van der Waals surface area contributed by atoms with E-state index in [0.29, 0.717) is 18.8 Å². The molecule has 1 aliphatic carbocycles. The molecule has 27 nitrogen and oxygen atoms in total. The van der Waals surface area contributed by atoms with E-state index in [0.717, 1.165) is 25.3 Å². The van der Waals surface area contributed by atoms with Gasteiger partial charge in [0.25, 0.3) is 0 Å². The molecule has 0 aromatic heterocycles. The molecular formula is C42H71NO26. The van der Waals surface area contributed by atoms with Crippen molar-refractivity contribution in [3.63, 3.8) is 0 Å². The minimum atomic E-state index is -2.15. The fourth-order valence-electron chi connectivity index (χ4n) is 9.56. The van der Waals surface area contributed by atoms with E-state index in [4.69, 9.17) is 47.4 Å². The van der Waals surface area contributed by atoms with Gasteiger partial charge in [-0.1, -0.05) is 26.3 Å². The SMILES string of the molecule is C=C1CC(C)CCCC1OCC1(O)COC(CO)[C@@H](O[C@@H]2OC(CO)[C@H](O[C@H]3OC(CO)[C@H](O)C(O[C@@H]4OC(CO)[C@H](O)C(O[C@@H]5OC(CO)[C@H](O)C(O)C5O)C4NC(C)=O)C3O)C(O)C2O)C1O. The van der Waals surface area contributed by atoms with Gasteiger partial charge in [-0.25, -0.2) is 0 Å². The van der Waals surface area contributed by atoms with Crippen LogP contribution >= 0.6 is 0 Å². The van der Waals surface area contributed by atoms with Gasteiger partial charge in [-0.05, 0) is 24.3 Å². The molecule has 5 saturated heterocycles. The monoisotopic (exact) mass is 1010 g/mol. The van der Waals surface area contributed by atoms with Gasteiger partial charge in [0.2, 0.25) is 5.91 Å². The van der Waals surface area contributed by atoms with Crippen LogP contribution in [0.2, 0.25) is 0 Å². The topological polar surface area (TPSA) is 425 Å². The van der Waals surface area contributed by atoms with Crippen LogP contribution in [0.3, 0.4) is 0 Å². The van der Waals surface area contributed by atoms with Crippen molar-refractivity contribution in [2.24, 2.45) is 5.92 Å². The maximum absolute atomic E-state index is 12.5. The van der Waals surface area contributed by atoms with E-state index in [1.807, 2.05) is 0 Å². The lowest BCUT2D eigenvalue weighted by Gasteiger charge is -2.50. The number of ether oxygens (including phenoxy) is 10. The van der Waals surface area contributed by atoms with E-state index < -0.39 is 205 Å². The van der Waals surface area contributed by atoms with Crippen molar-refractivity contribution in [2.75, 3.05) is 46.2 Å². The molecular weight excluding hydrogens is 934 g/mol. The Morgan fingerprint density at radius 1 is 0.609 bits per heavy atom. The predicted octanol–water partition coefficient (Wildman–Crippen LogP) is -8.58. The summed E-state index contributed by atoms with van der Waals surface area (Å²) in [6.07, 6.45) is -37.5. The molecule has 0 bridgehead atoms. The minimum Gasteiger partial charge on any atom is -0.394 e. The smallest absolute Gasteiger partial charge is 0.217 e. The molecule has 400 valence electrons. The Bertz CT molecular complexity index is 1640. The highest BCUT2D eigenvalue weighted by molar-refractivity contribution is 5.73. The van der Waals surface area contributed by atoms with Crippen molar-refractivity contribution in [3.8, 4) is 0 Å². The Hall–Kier alpha value is -1.79. The summed E-state index contributed by atoms with van der Waals surface area (Å²) in [5.74, 6) is -0.408. The average molecular weight is 1010 g/mol. The summed E-state index contributed by atoms with van der Waals surface area (Å²) in [7, 11) is 0. The van der Waals surface area contributed by atoms with E-state index in [2.05, 4.69) is 18.8 Å². The summed E-state index contributed by atoms with van der Waals surface area (Å²) >= 11 is 0. The number of rotatable bonds is 17. The molecule has 6 fully saturated rings. The maximum atomic E-state index is 12.5. The van der Waals surface area contributed by atoms with Gasteiger partial charge in [-0.3, -0.25) is 4.79 Å². The van der Waals surface area contributed by atoms with Crippen molar-refractivity contribution in [3.05, 3.63) is 12.2 Å². The van der Waals surface area contributed by atoms with Crippen molar-refractivity contribution in [1.82, 2.24) is 5.32 Å². The summed E-state index contributed by atoms with van der Waals surface area (Å²) < 4.78 is 57.8. The zero-order valence-electron chi connectivity index (χ0n) is 38.1. The van der Waals surface area contributed by atoms with Crippen LogP contribution in [0.5, 0.6) is 0 Å². The molecule has 1 amide bonds. The molecule has 69 heavy (non-hydrogen) atoms. The molecule has 6 rings (SSSR count).